The van der Waals surface area contributed by atoms with Gasteiger partial charge in [0.2, 0.25) is 0 Å². The summed E-state index contributed by atoms with van der Waals surface area (Å²) in [5.41, 5.74) is 0.961. The number of hydrogen-bond acceptors (Lipinski definition) is 3. The lowest BCUT2D eigenvalue weighted by molar-refractivity contribution is 0.343. The molecule has 0 atom stereocenters. The van der Waals surface area contributed by atoms with Gasteiger partial charge in [-0.15, -0.1) is 0 Å². The van der Waals surface area contributed by atoms with Crippen molar-refractivity contribution in [2.75, 3.05) is 6.61 Å². The molecule has 0 saturated carbocycles. The summed E-state index contributed by atoms with van der Waals surface area (Å²) in [6.07, 6.45) is 3.20. The SMILES string of the molecule is OCC=Cc1ccc2c(Cl)cc(Cl)c(O)c2n1. The van der Waals surface area contributed by atoms with Gasteiger partial charge in [-0.05, 0) is 24.3 Å². The number of aromatic hydroxyl groups is 1. The first-order valence-electron chi connectivity index (χ1n) is 4.88. The molecule has 2 aromatic rings. The van der Waals surface area contributed by atoms with Gasteiger partial charge in [-0.2, -0.15) is 0 Å². The number of benzene rings is 1. The van der Waals surface area contributed by atoms with E-state index in [4.69, 9.17) is 28.3 Å². The highest BCUT2D eigenvalue weighted by Crippen LogP contribution is 2.36. The molecule has 2 rings (SSSR count). The lowest BCUT2D eigenvalue weighted by atomic mass is 10.2. The second-order valence-electron chi connectivity index (χ2n) is 3.41. The minimum absolute atomic E-state index is 0.0675. The van der Waals surface area contributed by atoms with Crippen LogP contribution in [0.15, 0.2) is 24.3 Å². The number of phenols is 1. The monoisotopic (exact) mass is 269 g/mol. The van der Waals surface area contributed by atoms with Gasteiger partial charge in [-0.3, -0.25) is 0 Å². The molecule has 1 aromatic carbocycles. The molecule has 17 heavy (non-hydrogen) atoms. The van der Waals surface area contributed by atoms with Crippen LogP contribution in [0.5, 0.6) is 5.75 Å². The number of aliphatic hydroxyl groups excluding tert-OH is 1. The van der Waals surface area contributed by atoms with Crippen LogP contribution >= 0.6 is 23.2 Å². The van der Waals surface area contributed by atoms with Gasteiger partial charge in [0.25, 0.3) is 0 Å². The first-order valence-corrected chi connectivity index (χ1v) is 5.64. The molecular weight excluding hydrogens is 261 g/mol. The normalized spacial score (nSPS) is 11.5. The van der Waals surface area contributed by atoms with Crippen LogP contribution in [0, 0.1) is 0 Å². The first-order chi connectivity index (χ1) is 8.13. The largest absolute Gasteiger partial charge is 0.504 e. The van der Waals surface area contributed by atoms with Crippen molar-refractivity contribution < 1.29 is 10.2 Å². The number of aromatic nitrogens is 1. The molecule has 0 aliphatic rings. The molecule has 0 aliphatic carbocycles. The molecular formula is C12H9Cl2NO2. The summed E-state index contributed by atoms with van der Waals surface area (Å²) in [4.78, 5) is 4.22. The Labute approximate surface area is 108 Å². The third-order valence-corrected chi connectivity index (χ3v) is 2.87. The van der Waals surface area contributed by atoms with Gasteiger partial charge in [0.15, 0.2) is 5.75 Å². The lowest BCUT2D eigenvalue weighted by Gasteiger charge is -2.05. The fraction of sp³-hybridized carbons (Fsp3) is 0.0833. The highest BCUT2D eigenvalue weighted by Gasteiger charge is 2.10. The number of halogens is 2. The quantitative estimate of drug-likeness (QED) is 0.880. The lowest BCUT2D eigenvalue weighted by Crippen LogP contribution is -1.86. The van der Waals surface area contributed by atoms with E-state index in [1.165, 1.54) is 6.07 Å². The van der Waals surface area contributed by atoms with E-state index in [-0.39, 0.29) is 17.4 Å². The van der Waals surface area contributed by atoms with Crippen LogP contribution in [-0.2, 0) is 0 Å². The van der Waals surface area contributed by atoms with Crippen molar-refractivity contribution in [3.05, 3.63) is 40.0 Å². The highest BCUT2D eigenvalue weighted by molar-refractivity contribution is 6.39. The standard InChI is InChI=1S/C12H9Cl2NO2/c13-9-6-10(14)12(17)11-8(9)4-3-7(15-11)2-1-5-16/h1-4,6,16-17H,5H2. The van der Waals surface area contributed by atoms with Crippen LogP contribution in [0.3, 0.4) is 0 Å². The zero-order valence-corrected chi connectivity index (χ0v) is 10.2. The summed E-state index contributed by atoms with van der Waals surface area (Å²) >= 11 is 11.8. The number of rotatable bonds is 2. The number of aliphatic hydroxyl groups is 1. The molecule has 0 amide bonds. The molecule has 0 spiro atoms. The van der Waals surface area contributed by atoms with E-state index < -0.39 is 0 Å². The van der Waals surface area contributed by atoms with Crippen molar-refractivity contribution in [2.45, 2.75) is 0 Å². The molecule has 2 N–H and O–H groups in total. The van der Waals surface area contributed by atoms with Gasteiger partial charge in [0.1, 0.15) is 5.52 Å². The maximum atomic E-state index is 9.81. The molecule has 1 aromatic heterocycles. The van der Waals surface area contributed by atoms with E-state index in [1.54, 1.807) is 24.3 Å². The Morgan fingerprint density at radius 1 is 1.24 bits per heavy atom. The molecule has 0 unspecified atom stereocenters. The van der Waals surface area contributed by atoms with Crippen molar-refractivity contribution >= 4 is 40.2 Å². The average Bonchev–Trinajstić information content (AvgIpc) is 2.33. The Bertz CT molecular complexity index is 597. The topological polar surface area (TPSA) is 53.4 Å². The number of pyridine rings is 1. The second kappa shape index (κ2) is 4.92. The molecule has 0 radical (unpaired) electrons. The summed E-state index contributed by atoms with van der Waals surface area (Å²) in [6.45, 7) is -0.0675. The molecule has 0 fully saturated rings. The zero-order valence-electron chi connectivity index (χ0n) is 8.69. The Kier molecular flexibility index (Phi) is 3.52. The van der Waals surface area contributed by atoms with E-state index >= 15 is 0 Å². The van der Waals surface area contributed by atoms with Gasteiger partial charge >= 0.3 is 0 Å². The summed E-state index contributed by atoms with van der Waals surface area (Å²) in [5.74, 6) is -0.0923. The van der Waals surface area contributed by atoms with E-state index in [2.05, 4.69) is 4.98 Å². The van der Waals surface area contributed by atoms with Gasteiger partial charge in [0, 0.05) is 5.39 Å². The van der Waals surface area contributed by atoms with Gasteiger partial charge < -0.3 is 10.2 Å². The van der Waals surface area contributed by atoms with Crippen LogP contribution in [0.25, 0.3) is 17.0 Å². The molecule has 1 heterocycles. The van der Waals surface area contributed by atoms with Crippen LogP contribution in [0.1, 0.15) is 5.69 Å². The van der Waals surface area contributed by atoms with Crippen molar-refractivity contribution in [3.8, 4) is 5.75 Å². The van der Waals surface area contributed by atoms with E-state index in [0.29, 0.717) is 21.6 Å². The molecule has 0 aliphatic heterocycles. The third-order valence-electron chi connectivity index (χ3n) is 2.27. The Hall–Kier alpha value is -1.29. The minimum Gasteiger partial charge on any atom is -0.504 e. The Balaban J connectivity index is 2.67. The third kappa shape index (κ3) is 2.36. The smallest absolute Gasteiger partial charge is 0.160 e. The predicted molar refractivity (Wildman–Crippen MR) is 69.5 cm³/mol. The van der Waals surface area contributed by atoms with Gasteiger partial charge in [-0.25, -0.2) is 4.98 Å². The maximum Gasteiger partial charge on any atom is 0.160 e. The molecule has 5 heteroatoms. The van der Waals surface area contributed by atoms with Gasteiger partial charge in [-0.1, -0.05) is 29.3 Å². The predicted octanol–water partition coefficient (Wildman–Crippen LogP) is 3.25. The minimum atomic E-state index is -0.0923. The Morgan fingerprint density at radius 2 is 2.00 bits per heavy atom. The molecule has 3 nitrogen and oxygen atoms in total. The van der Waals surface area contributed by atoms with E-state index in [0.717, 1.165) is 0 Å². The van der Waals surface area contributed by atoms with Crippen molar-refractivity contribution in [1.29, 1.82) is 0 Å². The summed E-state index contributed by atoms with van der Waals surface area (Å²) in [6, 6.07) is 4.97. The number of nitrogens with zero attached hydrogens (tertiary/aromatic N) is 1. The van der Waals surface area contributed by atoms with E-state index in [9.17, 15) is 5.11 Å². The molecule has 0 bridgehead atoms. The van der Waals surface area contributed by atoms with Crippen molar-refractivity contribution in [2.24, 2.45) is 0 Å². The van der Waals surface area contributed by atoms with Crippen molar-refractivity contribution in [1.82, 2.24) is 4.98 Å². The summed E-state index contributed by atoms with van der Waals surface area (Å²) in [5, 5.41) is 19.7. The fourth-order valence-electron chi connectivity index (χ4n) is 1.48. The van der Waals surface area contributed by atoms with Gasteiger partial charge in [0.05, 0.1) is 22.3 Å². The van der Waals surface area contributed by atoms with Crippen LogP contribution < -0.4 is 0 Å². The fourth-order valence-corrected chi connectivity index (χ4v) is 2.00. The molecule has 88 valence electrons. The van der Waals surface area contributed by atoms with Crippen LogP contribution in [0.4, 0.5) is 0 Å². The zero-order chi connectivity index (χ0) is 12.4. The van der Waals surface area contributed by atoms with Crippen molar-refractivity contribution in [3.63, 3.8) is 0 Å². The van der Waals surface area contributed by atoms with Crippen LogP contribution in [-0.4, -0.2) is 21.8 Å². The summed E-state index contributed by atoms with van der Waals surface area (Å²) in [7, 11) is 0. The molecule has 0 saturated heterocycles. The first kappa shape index (κ1) is 12.2. The number of fused-ring (bicyclic) bond motifs is 1. The second-order valence-corrected chi connectivity index (χ2v) is 4.22. The van der Waals surface area contributed by atoms with E-state index in [1.807, 2.05) is 0 Å². The van der Waals surface area contributed by atoms with Crippen LogP contribution in [0.2, 0.25) is 10.0 Å². The summed E-state index contributed by atoms with van der Waals surface area (Å²) < 4.78 is 0. The Morgan fingerprint density at radius 3 is 2.71 bits per heavy atom. The number of phenolic OH excluding ortho intramolecular Hbond substituents is 1. The average molecular weight is 270 g/mol. The number of hydrogen-bond donors (Lipinski definition) is 2. The maximum absolute atomic E-state index is 9.81. The highest BCUT2D eigenvalue weighted by atomic mass is 35.5.